The van der Waals surface area contributed by atoms with Crippen molar-refractivity contribution < 1.29 is 0 Å². The Morgan fingerprint density at radius 3 is 2.57 bits per heavy atom. The fourth-order valence-corrected chi connectivity index (χ4v) is 1.39. The number of unbranched alkanes of at least 4 members (excludes halogenated alkanes) is 1. The third kappa shape index (κ3) is 4.97. The van der Waals surface area contributed by atoms with E-state index in [1.165, 1.54) is 24.8 Å². The maximum atomic E-state index is 4.00. The minimum absolute atomic E-state index is 1.13. The van der Waals surface area contributed by atoms with Gasteiger partial charge in [0.25, 0.3) is 0 Å². The van der Waals surface area contributed by atoms with E-state index in [-0.39, 0.29) is 0 Å². The molecule has 1 rings (SSSR count). The molecule has 0 bridgehead atoms. The van der Waals surface area contributed by atoms with E-state index in [2.05, 4.69) is 29.4 Å². The fourth-order valence-electron chi connectivity index (χ4n) is 1.39. The van der Waals surface area contributed by atoms with Gasteiger partial charge in [-0.1, -0.05) is 13.3 Å². The Balaban J connectivity index is 1.99. The molecule has 1 aromatic heterocycles. The molecule has 0 unspecified atom stereocenters. The van der Waals surface area contributed by atoms with Crippen molar-refractivity contribution in [2.24, 2.45) is 0 Å². The predicted octanol–water partition coefficient (Wildman–Crippen LogP) is 2.40. The van der Waals surface area contributed by atoms with E-state index in [4.69, 9.17) is 0 Å². The monoisotopic (exact) mass is 192 g/mol. The molecule has 2 heteroatoms. The molecular weight excluding hydrogens is 172 g/mol. The molecule has 0 fully saturated rings. The van der Waals surface area contributed by atoms with Gasteiger partial charge in [0.05, 0.1) is 0 Å². The Labute approximate surface area is 86.8 Å². The van der Waals surface area contributed by atoms with Gasteiger partial charge in [0.15, 0.2) is 0 Å². The predicted molar refractivity (Wildman–Crippen MR) is 60.3 cm³/mol. The van der Waals surface area contributed by atoms with Gasteiger partial charge < -0.3 is 5.32 Å². The van der Waals surface area contributed by atoms with Crippen molar-refractivity contribution in [2.45, 2.75) is 32.6 Å². The van der Waals surface area contributed by atoms with Crippen LogP contribution in [-0.4, -0.2) is 18.1 Å². The second-order valence-corrected chi connectivity index (χ2v) is 3.56. The van der Waals surface area contributed by atoms with E-state index in [0.717, 1.165) is 19.5 Å². The van der Waals surface area contributed by atoms with Crippen LogP contribution in [-0.2, 0) is 6.42 Å². The molecule has 1 N–H and O–H groups in total. The van der Waals surface area contributed by atoms with Crippen molar-refractivity contribution in [3.05, 3.63) is 30.1 Å². The van der Waals surface area contributed by atoms with Crippen molar-refractivity contribution in [1.29, 1.82) is 0 Å². The molecule has 0 aromatic carbocycles. The number of hydrogen-bond donors (Lipinski definition) is 1. The lowest BCUT2D eigenvalue weighted by molar-refractivity contribution is 0.617. The van der Waals surface area contributed by atoms with Crippen LogP contribution in [0.5, 0.6) is 0 Å². The Morgan fingerprint density at radius 1 is 1.14 bits per heavy atom. The number of nitrogens with one attached hydrogen (secondary N) is 1. The Kier molecular flexibility index (Phi) is 6.00. The number of aryl methyl sites for hydroxylation is 1. The highest BCUT2D eigenvalue weighted by atomic mass is 14.8. The van der Waals surface area contributed by atoms with Gasteiger partial charge in [-0.15, -0.1) is 0 Å². The molecule has 0 spiro atoms. The third-order valence-electron chi connectivity index (χ3n) is 2.28. The second-order valence-electron chi connectivity index (χ2n) is 3.56. The number of aromatic nitrogens is 1. The first kappa shape index (κ1) is 11.2. The van der Waals surface area contributed by atoms with Gasteiger partial charge in [0.1, 0.15) is 0 Å². The Hall–Kier alpha value is -0.890. The van der Waals surface area contributed by atoms with E-state index in [0.29, 0.717) is 0 Å². The summed E-state index contributed by atoms with van der Waals surface area (Å²) in [7, 11) is 0. The van der Waals surface area contributed by atoms with Gasteiger partial charge in [-0.3, -0.25) is 4.98 Å². The molecule has 2 nitrogen and oxygen atoms in total. The van der Waals surface area contributed by atoms with E-state index in [9.17, 15) is 0 Å². The van der Waals surface area contributed by atoms with Gasteiger partial charge in [-0.25, -0.2) is 0 Å². The van der Waals surface area contributed by atoms with Crippen LogP contribution in [0.3, 0.4) is 0 Å². The first-order valence-electron chi connectivity index (χ1n) is 5.53. The van der Waals surface area contributed by atoms with Crippen LogP contribution >= 0.6 is 0 Å². The van der Waals surface area contributed by atoms with Crippen LogP contribution < -0.4 is 5.32 Å². The van der Waals surface area contributed by atoms with E-state index in [1.807, 2.05) is 12.4 Å². The van der Waals surface area contributed by atoms with E-state index in [1.54, 1.807) is 0 Å². The molecule has 0 aliphatic heterocycles. The molecule has 14 heavy (non-hydrogen) atoms. The number of rotatable bonds is 7. The summed E-state index contributed by atoms with van der Waals surface area (Å²) in [4.78, 5) is 4.00. The smallest absolute Gasteiger partial charge is 0.0270 e. The summed E-state index contributed by atoms with van der Waals surface area (Å²) in [5.41, 5.74) is 1.39. The average molecular weight is 192 g/mol. The van der Waals surface area contributed by atoms with Crippen molar-refractivity contribution >= 4 is 0 Å². The molecule has 0 saturated heterocycles. The summed E-state index contributed by atoms with van der Waals surface area (Å²) in [6.45, 7) is 4.51. The fraction of sp³-hybridized carbons (Fsp3) is 0.583. The van der Waals surface area contributed by atoms with Crippen LogP contribution in [0.2, 0.25) is 0 Å². The first-order valence-corrected chi connectivity index (χ1v) is 5.53. The third-order valence-corrected chi connectivity index (χ3v) is 2.28. The van der Waals surface area contributed by atoms with Crippen molar-refractivity contribution in [2.75, 3.05) is 13.1 Å². The highest BCUT2D eigenvalue weighted by Gasteiger charge is 1.91. The maximum absolute atomic E-state index is 4.00. The molecule has 0 aliphatic rings. The van der Waals surface area contributed by atoms with Crippen molar-refractivity contribution in [3.63, 3.8) is 0 Å². The molecule has 0 aliphatic carbocycles. The quantitative estimate of drug-likeness (QED) is 0.671. The summed E-state index contributed by atoms with van der Waals surface area (Å²) in [6, 6.07) is 4.18. The van der Waals surface area contributed by atoms with Crippen molar-refractivity contribution in [3.8, 4) is 0 Å². The van der Waals surface area contributed by atoms with Crippen LogP contribution in [0, 0.1) is 0 Å². The average Bonchev–Trinajstić information content (AvgIpc) is 2.25. The minimum atomic E-state index is 1.13. The largest absolute Gasteiger partial charge is 0.317 e. The first-order chi connectivity index (χ1) is 6.93. The molecule has 78 valence electrons. The molecule has 0 amide bonds. The van der Waals surface area contributed by atoms with Crippen molar-refractivity contribution in [1.82, 2.24) is 10.3 Å². The van der Waals surface area contributed by atoms with Gasteiger partial charge in [-0.05, 0) is 50.0 Å². The lowest BCUT2D eigenvalue weighted by Crippen LogP contribution is -2.16. The Morgan fingerprint density at radius 2 is 1.86 bits per heavy atom. The SMILES string of the molecule is CCCCNCCCc1ccncc1. The highest BCUT2D eigenvalue weighted by molar-refractivity contribution is 5.09. The van der Waals surface area contributed by atoms with Crippen LogP contribution in [0.25, 0.3) is 0 Å². The highest BCUT2D eigenvalue weighted by Crippen LogP contribution is 1.99. The zero-order valence-corrected chi connectivity index (χ0v) is 9.00. The molecule has 1 heterocycles. The van der Waals surface area contributed by atoms with Gasteiger partial charge >= 0.3 is 0 Å². The summed E-state index contributed by atoms with van der Waals surface area (Å²) in [5, 5.41) is 3.44. The molecule has 0 radical (unpaired) electrons. The maximum Gasteiger partial charge on any atom is 0.0270 e. The standard InChI is InChI=1S/C12H20N2/c1-2-3-8-13-9-4-5-12-6-10-14-11-7-12/h6-7,10-11,13H,2-5,8-9H2,1H3. The normalized spacial score (nSPS) is 10.4. The summed E-state index contributed by atoms with van der Waals surface area (Å²) in [6.07, 6.45) is 8.65. The van der Waals surface area contributed by atoms with Crippen LogP contribution in [0.1, 0.15) is 31.7 Å². The van der Waals surface area contributed by atoms with E-state index >= 15 is 0 Å². The minimum Gasteiger partial charge on any atom is -0.317 e. The lowest BCUT2D eigenvalue weighted by atomic mass is 10.1. The summed E-state index contributed by atoms with van der Waals surface area (Å²) < 4.78 is 0. The molecule has 0 atom stereocenters. The number of nitrogens with zero attached hydrogens (tertiary/aromatic N) is 1. The summed E-state index contributed by atoms with van der Waals surface area (Å²) >= 11 is 0. The topological polar surface area (TPSA) is 24.9 Å². The Bertz CT molecular complexity index is 221. The number of hydrogen-bond acceptors (Lipinski definition) is 2. The number of pyridine rings is 1. The lowest BCUT2D eigenvalue weighted by Gasteiger charge is -2.03. The van der Waals surface area contributed by atoms with Gasteiger partial charge in [0.2, 0.25) is 0 Å². The molecule has 0 saturated carbocycles. The molecular formula is C12H20N2. The molecule has 1 aromatic rings. The zero-order chi connectivity index (χ0) is 10.1. The van der Waals surface area contributed by atoms with Crippen LogP contribution in [0.15, 0.2) is 24.5 Å². The second kappa shape index (κ2) is 7.51. The van der Waals surface area contributed by atoms with Gasteiger partial charge in [-0.2, -0.15) is 0 Å². The van der Waals surface area contributed by atoms with Gasteiger partial charge in [0, 0.05) is 12.4 Å². The van der Waals surface area contributed by atoms with Crippen LogP contribution in [0.4, 0.5) is 0 Å². The summed E-state index contributed by atoms with van der Waals surface area (Å²) in [5.74, 6) is 0. The zero-order valence-electron chi connectivity index (χ0n) is 9.00. The van der Waals surface area contributed by atoms with E-state index < -0.39 is 0 Å².